The number of carbonyl (C=O) groups is 1. The van der Waals surface area contributed by atoms with E-state index in [1.165, 1.54) is 0 Å². The number of hydrogen-bond acceptors (Lipinski definition) is 5. The Balaban J connectivity index is 2.60. The van der Waals surface area contributed by atoms with Crippen LogP contribution in [-0.4, -0.2) is 46.2 Å². The van der Waals surface area contributed by atoms with E-state index in [2.05, 4.69) is 4.74 Å². The summed E-state index contributed by atoms with van der Waals surface area (Å²) in [5, 5.41) is 26.3. The van der Waals surface area contributed by atoms with Gasteiger partial charge in [-0.15, -0.1) is 0 Å². The molecule has 0 spiro atoms. The molecule has 10 heavy (non-hydrogen) atoms. The quantitative estimate of drug-likeness (QED) is 0.334. The molecule has 0 unspecified atom stereocenters. The van der Waals surface area contributed by atoms with Crippen molar-refractivity contribution < 1.29 is 24.9 Å². The zero-order chi connectivity index (χ0) is 7.72. The number of esters is 1. The Morgan fingerprint density at radius 3 is 2.50 bits per heavy atom. The highest BCUT2D eigenvalue weighted by molar-refractivity contribution is 5.76. The van der Waals surface area contributed by atoms with E-state index in [1.807, 2.05) is 0 Å². The first-order valence-corrected chi connectivity index (χ1v) is 2.84. The van der Waals surface area contributed by atoms with Crippen molar-refractivity contribution in [2.75, 3.05) is 6.61 Å². The van der Waals surface area contributed by atoms with Gasteiger partial charge in [0.2, 0.25) is 0 Å². The van der Waals surface area contributed by atoms with Crippen molar-refractivity contribution in [2.24, 2.45) is 0 Å². The molecule has 0 amide bonds. The molecule has 5 nitrogen and oxygen atoms in total. The Hall–Kier alpha value is -0.650. The molecule has 1 fully saturated rings. The van der Waals surface area contributed by atoms with Gasteiger partial charge in [0.15, 0.2) is 6.10 Å². The van der Waals surface area contributed by atoms with Crippen molar-refractivity contribution in [3.63, 3.8) is 0 Å². The van der Waals surface area contributed by atoms with E-state index in [4.69, 9.17) is 15.3 Å². The topological polar surface area (TPSA) is 87.0 Å². The van der Waals surface area contributed by atoms with Crippen molar-refractivity contribution in [1.82, 2.24) is 0 Å². The highest BCUT2D eigenvalue weighted by Gasteiger charge is 2.36. The van der Waals surface area contributed by atoms with E-state index < -0.39 is 24.3 Å². The van der Waals surface area contributed by atoms with Gasteiger partial charge in [-0.25, -0.2) is 4.79 Å². The maximum absolute atomic E-state index is 10.4. The van der Waals surface area contributed by atoms with Crippen LogP contribution in [0.1, 0.15) is 0 Å². The molecule has 3 N–H and O–H groups in total. The van der Waals surface area contributed by atoms with Gasteiger partial charge in [0.05, 0.1) is 0 Å². The molecule has 1 aliphatic rings. The summed E-state index contributed by atoms with van der Waals surface area (Å²) in [5.41, 5.74) is 0. The first-order valence-electron chi connectivity index (χ1n) is 2.84. The number of cyclic esters (lactones) is 1. The van der Waals surface area contributed by atoms with Gasteiger partial charge in [0.25, 0.3) is 0 Å². The maximum Gasteiger partial charge on any atom is 0.337 e. The molecular formula is C5H8O5. The van der Waals surface area contributed by atoms with Gasteiger partial charge in [0.1, 0.15) is 18.8 Å². The maximum atomic E-state index is 10.4. The second kappa shape index (κ2) is 2.53. The summed E-state index contributed by atoms with van der Waals surface area (Å²) in [4.78, 5) is 10.4. The third-order valence-electron chi connectivity index (χ3n) is 1.36. The van der Waals surface area contributed by atoms with Gasteiger partial charge in [0, 0.05) is 0 Å². The van der Waals surface area contributed by atoms with Gasteiger partial charge in [-0.05, 0) is 0 Å². The van der Waals surface area contributed by atoms with Crippen LogP contribution in [0.3, 0.4) is 0 Å². The minimum atomic E-state index is -1.61. The van der Waals surface area contributed by atoms with E-state index in [9.17, 15) is 4.79 Å². The van der Waals surface area contributed by atoms with Crippen LogP contribution in [0.15, 0.2) is 0 Å². The SMILES string of the molecule is O=C1OC[C@@H](O)[C@@H](O)[C@@H]1O. The van der Waals surface area contributed by atoms with E-state index in [-0.39, 0.29) is 6.61 Å². The second-order valence-corrected chi connectivity index (χ2v) is 2.13. The summed E-state index contributed by atoms with van der Waals surface area (Å²) in [6.07, 6.45) is -4.20. The average Bonchev–Trinajstić information content (AvgIpc) is 1.93. The largest absolute Gasteiger partial charge is 0.461 e. The van der Waals surface area contributed by atoms with Crippen LogP contribution >= 0.6 is 0 Å². The van der Waals surface area contributed by atoms with Crippen LogP contribution in [0, 0.1) is 0 Å². The van der Waals surface area contributed by atoms with Crippen LogP contribution < -0.4 is 0 Å². The number of rotatable bonds is 0. The van der Waals surface area contributed by atoms with Crippen LogP contribution in [-0.2, 0) is 9.53 Å². The van der Waals surface area contributed by atoms with Crippen molar-refractivity contribution in [2.45, 2.75) is 18.3 Å². The second-order valence-electron chi connectivity index (χ2n) is 2.13. The number of aliphatic hydroxyl groups excluding tert-OH is 3. The molecule has 0 aromatic rings. The lowest BCUT2D eigenvalue weighted by Gasteiger charge is -2.26. The smallest absolute Gasteiger partial charge is 0.337 e. The Morgan fingerprint density at radius 2 is 2.00 bits per heavy atom. The van der Waals surface area contributed by atoms with Crippen LogP contribution in [0.2, 0.25) is 0 Å². The van der Waals surface area contributed by atoms with E-state index in [1.54, 1.807) is 0 Å². The molecular weight excluding hydrogens is 140 g/mol. The summed E-state index contributed by atoms with van der Waals surface area (Å²) in [5.74, 6) is -0.891. The van der Waals surface area contributed by atoms with Crippen molar-refractivity contribution in [3.8, 4) is 0 Å². The molecule has 58 valence electrons. The zero-order valence-corrected chi connectivity index (χ0v) is 5.10. The molecule has 0 radical (unpaired) electrons. The molecule has 0 bridgehead atoms. The molecule has 3 atom stereocenters. The first kappa shape index (κ1) is 7.46. The predicted octanol–water partition coefficient (Wildman–Crippen LogP) is -2.37. The predicted molar refractivity (Wildman–Crippen MR) is 29.0 cm³/mol. The fourth-order valence-electron chi connectivity index (χ4n) is 0.701. The molecule has 0 aliphatic carbocycles. The number of carbonyl (C=O) groups excluding carboxylic acids is 1. The summed E-state index contributed by atoms with van der Waals surface area (Å²) >= 11 is 0. The van der Waals surface area contributed by atoms with Crippen LogP contribution in [0.5, 0.6) is 0 Å². The molecule has 0 aromatic carbocycles. The first-order chi connectivity index (χ1) is 4.63. The van der Waals surface area contributed by atoms with Gasteiger partial charge in [-0.2, -0.15) is 0 Å². The summed E-state index contributed by atoms with van der Waals surface area (Å²) in [6.45, 7) is -0.253. The minimum absolute atomic E-state index is 0.253. The van der Waals surface area contributed by atoms with Gasteiger partial charge in [-0.3, -0.25) is 0 Å². The number of hydrogen-bond donors (Lipinski definition) is 3. The summed E-state index contributed by atoms with van der Waals surface area (Å²) in [7, 11) is 0. The number of aliphatic hydroxyl groups is 3. The zero-order valence-electron chi connectivity index (χ0n) is 5.10. The van der Waals surface area contributed by atoms with Crippen molar-refractivity contribution in [1.29, 1.82) is 0 Å². The van der Waals surface area contributed by atoms with Gasteiger partial charge < -0.3 is 20.1 Å². The third-order valence-corrected chi connectivity index (χ3v) is 1.36. The fraction of sp³-hybridized carbons (Fsp3) is 0.800. The monoisotopic (exact) mass is 148 g/mol. The summed E-state index contributed by atoms with van der Waals surface area (Å²) < 4.78 is 4.27. The fourth-order valence-corrected chi connectivity index (χ4v) is 0.701. The normalized spacial score (nSPS) is 41.1. The van der Waals surface area contributed by atoms with Crippen molar-refractivity contribution >= 4 is 5.97 Å². The molecule has 5 heteroatoms. The van der Waals surface area contributed by atoms with Crippen LogP contribution in [0.4, 0.5) is 0 Å². The Morgan fingerprint density at radius 1 is 1.40 bits per heavy atom. The molecule has 1 saturated heterocycles. The van der Waals surface area contributed by atoms with E-state index in [0.29, 0.717) is 0 Å². The van der Waals surface area contributed by atoms with Crippen molar-refractivity contribution in [3.05, 3.63) is 0 Å². The van der Waals surface area contributed by atoms with Crippen LogP contribution in [0.25, 0.3) is 0 Å². The van der Waals surface area contributed by atoms with E-state index in [0.717, 1.165) is 0 Å². The highest BCUT2D eigenvalue weighted by Crippen LogP contribution is 2.08. The molecule has 1 heterocycles. The Kier molecular flexibility index (Phi) is 1.89. The molecule has 0 saturated carbocycles. The number of ether oxygens (including phenoxy) is 1. The lowest BCUT2D eigenvalue weighted by atomic mass is 10.1. The van der Waals surface area contributed by atoms with E-state index >= 15 is 0 Å². The minimum Gasteiger partial charge on any atom is -0.461 e. The molecule has 0 aromatic heterocycles. The Bertz CT molecular complexity index is 145. The third kappa shape index (κ3) is 1.11. The molecule has 1 rings (SSSR count). The Labute approximate surface area is 56.9 Å². The lowest BCUT2D eigenvalue weighted by Crippen LogP contribution is -2.50. The summed E-state index contributed by atoms with van der Waals surface area (Å²) in [6, 6.07) is 0. The molecule has 1 aliphatic heterocycles. The highest BCUT2D eigenvalue weighted by atomic mass is 16.6. The van der Waals surface area contributed by atoms with Gasteiger partial charge in [-0.1, -0.05) is 0 Å². The average molecular weight is 148 g/mol. The standard InChI is InChI=1S/C5H8O5/c6-2-1-10-5(9)4(8)3(2)7/h2-4,6-8H,1H2/t2-,3-,4+/m1/s1. The van der Waals surface area contributed by atoms with Gasteiger partial charge >= 0.3 is 5.97 Å². The lowest BCUT2D eigenvalue weighted by molar-refractivity contribution is -0.185.